The van der Waals surface area contributed by atoms with Gasteiger partial charge < -0.3 is 14.3 Å². The summed E-state index contributed by atoms with van der Waals surface area (Å²) in [7, 11) is -0.382. The summed E-state index contributed by atoms with van der Waals surface area (Å²) in [5.74, 6) is 0. The molecule has 20 heavy (non-hydrogen) atoms. The highest BCUT2D eigenvalue weighted by molar-refractivity contribution is 6.62. The molecule has 0 atom stereocenters. The summed E-state index contributed by atoms with van der Waals surface area (Å²) < 4.78 is 12.1. The van der Waals surface area contributed by atoms with Gasteiger partial charge in [0.25, 0.3) is 0 Å². The monoisotopic (exact) mass is 271 g/mol. The molecule has 1 aromatic heterocycles. The fraction of sp³-hybridized carbons (Fsp3) is 0.400. The maximum absolute atomic E-state index is 10.9. The molecule has 2 heterocycles. The standard InChI is InChI=1S/C15H18BNO3/c1-14(2)15(3,4)20-16(19-14)11-5-6-12-10(9-18)8-17-13(12)7-11/h5-9,17H,1-4H3. The van der Waals surface area contributed by atoms with Crippen molar-refractivity contribution >= 4 is 29.8 Å². The van der Waals surface area contributed by atoms with Crippen molar-refractivity contribution in [3.05, 3.63) is 30.0 Å². The zero-order chi connectivity index (χ0) is 14.5. The maximum Gasteiger partial charge on any atom is 0.494 e. The summed E-state index contributed by atoms with van der Waals surface area (Å²) in [6.45, 7) is 8.13. The predicted molar refractivity (Wildman–Crippen MR) is 79.4 cm³/mol. The molecule has 1 saturated heterocycles. The second-order valence-electron chi connectivity index (χ2n) is 6.26. The molecule has 0 spiro atoms. The Labute approximate surface area is 118 Å². The van der Waals surface area contributed by atoms with Gasteiger partial charge in [-0.1, -0.05) is 12.1 Å². The Morgan fingerprint density at radius 2 is 1.80 bits per heavy atom. The first-order chi connectivity index (χ1) is 9.34. The van der Waals surface area contributed by atoms with Crippen molar-refractivity contribution in [1.82, 2.24) is 4.98 Å². The number of aromatic nitrogens is 1. The number of benzene rings is 1. The summed E-state index contributed by atoms with van der Waals surface area (Å²) in [5, 5.41) is 0.917. The summed E-state index contributed by atoms with van der Waals surface area (Å²) in [5.41, 5.74) is 1.84. The van der Waals surface area contributed by atoms with Crippen molar-refractivity contribution < 1.29 is 14.1 Å². The van der Waals surface area contributed by atoms with Crippen molar-refractivity contribution in [2.45, 2.75) is 38.9 Å². The lowest BCUT2D eigenvalue weighted by Gasteiger charge is -2.32. The number of fused-ring (bicyclic) bond motifs is 1. The molecule has 2 aromatic rings. The van der Waals surface area contributed by atoms with E-state index in [0.29, 0.717) is 5.56 Å². The molecule has 4 nitrogen and oxygen atoms in total. The summed E-state index contributed by atoms with van der Waals surface area (Å²) in [6.07, 6.45) is 2.57. The van der Waals surface area contributed by atoms with Crippen molar-refractivity contribution in [3.63, 3.8) is 0 Å². The minimum absolute atomic E-state index is 0.351. The van der Waals surface area contributed by atoms with Crippen LogP contribution < -0.4 is 5.46 Å². The van der Waals surface area contributed by atoms with Crippen LogP contribution in [-0.2, 0) is 9.31 Å². The first kappa shape index (κ1) is 13.4. The van der Waals surface area contributed by atoms with Crippen LogP contribution in [0.4, 0.5) is 0 Å². The van der Waals surface area contributed by atoms with Crippen LogP contribution >= 0.6 is 0 Å². The molecule has 0 unspecified atom stereocenters. The first-order valence-corrected chi connectivity index (χ1v) is 6.76. The molecule has 1 aromatic carbocycles. The van der Waals surface area contributed by atoms with Crippen LogP contribution in [0.15, 0.2) is 24.4 Å². The van der Waals surface area contributed by atoms with Gasteiger partial charge in [0.05, 0.1) is 11.2 Å². The molecule has 1 aliphatic rings. The van der Waals surface area contributed by atoms with Gasteiger partial charge >= 0.3 is 7.12 Å². The Balaban J connectivity index is 1.98. The summed E-state index contributed by atoms with van der Waals surface area (Å²) in [6, 6.07) is 5.85. The Morgan fingerprint density at radius 3 is 2.40 bits per heavy atom. The van der Waals surface area contributed by atoms with E-state index in [1.54, 1.807) is 6.20 Å². The van der Waals surface area contributed by atoms with Gasteiger partial charge in [-0.25, -0.2) is 0 Å². The van der Waals surface area contributed by atoms with Crippen LogP contribution in [0, 0.1) is 0 Å². The SMILES string of the molecule is CC1(C)OB(c2ccc3c(C=O)c[nH]c3c2)OC1(C)C. The molecule has 1 N–H and O–H groups in total. The fourth-order valence-corrected chi connectivity index (χ4v) is 2.39. The van der Waals surface area contributed by atoms with Crippen LogP contribution in [0.2, 0.25) is 0 Å². The number of aldehydes is 1. The number of rotatable bonds is 2. The smallest absolute Gasteiger partial charge is 0.399 e. The summed E-state index contributed by atoms with van der Waals surface area (Å²) in [4.78, 5) is 14.0. The highest BCUT2D eigenvalue weighted by Crippen LogP contribution is 2.36. The average molecular weight is 271 g/mol. The van der Waals surface area contributed by atoms with Crippen LogP contribution in [-0.4, -0.2) is 29.6 Å². The van der Waals surface area contributed by atoms with E-state index in [1.807, 2.05) is 45.9 Å². The molecular formula is C15H18BNO3. The highest BCUT2D eigenvalue weighted by atomic mass is 16.7. The molecule has 0 amide bonds. The molecule has 0 bridgehead atoms. The van der Waals surface area contributed by atoms with Gasteiger partial charge in [-0.2, -0.15) is 0 Å². The van der Waals surface area contributed by atoms with E-state index in [4.69, 9.17) is 9.31 Å². The van der Waals surface area contributed by atoms with Crippen molar-refractivity contribution in [2.24, 2.45) is 0 Å². The Bertz CT molecular complexity index is 659. The minimum Gasteiger partial charge on any atom is -0.399 e. The number of hydrogen-bond donors (Lipinski definition) is 1. The number of hydrogen-bond acceptors (Lipinski definition) is 3. The van der Waals surface area contributed by atoms with Crippen LogP contribution in [0.3, 0.4) is 0 Å². The van der Waals surface area contributed by atoms with E-state index in [2.05, 4.69) is 4.98 Å². The Kier molecular flexibility index (Phi) is 2.82. The molecule has 0 aliphatic carbocycles. The quantitative estimate of drug-likeness (QED) is 0.673. The van der Waals surface area contributed by atoms with E-state index in [0.717, 1.165) is 22.7 Å². The molecule has 3 rings (SSSR count). The lowest BCUT2D eigenvalue weighted by molar-refractivity contribution is 0.00578. The molecule has 5 heteroatoms. The largest absolute Gasteiger partial charge is 0.494 e. The van der Waals surface area contributed by atoms with E-state index in [9.17, 15) is 4.79 Å². The third-order valence-corrected chi connectivity index (χ3v) is 4.39. The van der Waals surface area contributed by atoms with Gasteiger partial charge in [0, 0.05) is 22.7 Å². The third-order valence-electron chi connectivity index (χ3n) is 4.39. The van der Waals surface area contributed by atoms with Crippen LogP contribution in [0.25, 0.3) is 10.9 Å². The maximum atomic E-state index is 10.9. The third kappa shape index (κ3) is 1.89. The minimum atomic E-state index is -0.382. The number of nitrogens with one attached hydrogen (secondary N) is 1. The van der Waals surface area contributed by atoms with E-state index in [1.165, 1.54) is 0 Å². The average Bonchev–Trinajstić information content (AvgIpc) is 2.87. The number of carbonyl (C=O) groups excluding carboxylic acids is 1. The molecule has 1 aliphatic heterocycles. The van der Waals surface area contributed by atoms with Crippen LogP contribution in [0.5, 0.6) is 0 Å². The van der Waals surface area contributed by atoms with Gasteiger partial charge in [0.15, 0.2) is 6.29 Å². The molecule has 0 saturated carbocycles. The number of aromatic amines is 1. The topological polar surface area (TPSA) is 51.3 Å². The van der Waals surface area contributed by atoms with E-state index < -0.39 is 0 Å². The zero-order valence-corrected chi connectivity index (χ0v) is 12.2. The first-order valence-electron chi connectivity index (χ1n) is 6.76. The number of carbonyl (C=O) groups is 1. The van der Waals surface area contributed by atoms with Crippen molar-refractivity contribution in [2.75, 3.05) is 0 Å². The Morgan fingerprint density at radius 1 is 1.15 bits per heavy atom. The second kappa shape index (κ2) is 4.20. The van der Waals surface area contributed by atoms with Gasteiger partial charge in [0.2, 0.25) is 0 Å². The molecule has 0 radical (unpaired) electrons. The highest BCUT2D eigenvalue weighted by Gasteiger charge is 2.51. The molecule has 1 fully saturated rings. The predicted octanol–water partition coefficient (Wildman–Crippen LogP) is 2.28. The Hall–Kier alpha value is -1.59. The van der Waals surface area contributed by atoms with Gasteiger partial charge in [-0.05, 0) is 39.2 Å². The summed E-state index contributed by atoms with van der Waals surface area (Å²) >= 11 is 0. The van der Waals surface area contributed by atoms with Gasteiger partial charge in [-0.3, -0.25) is 4.79 Å². The number of H-pyrrole nitrogens is 1. The van der Waals surface area contributed by atoms with Crippen LogP contribution in [0.1, 0.15) is 38.1 Å². The molecular weight excluding hydrogens is 253 g/mol. The molecule has 104 valence electrons. The fourth-order valence-electron chi connectivity index (χ4n) is 2.39. The normalized spacial score (nSPS) is 20.5. The lowest BCUT2D eigenvalue weighted by atomic mass is 9.79. The van der Waals surface area contributed by atoms with Crippen molar-refractivity contribution in [3.8, 4) is 0 Å². The van der Waals surface area contributed by atoms with E-state index in [-0.39, 0.29) is 18.3 Å². The van der Waals surface area contributed by atoms with Crippen molar-refractivity contribution in [1.29, 1.82) is 0 Å². The lowest BCUT2D eigenvalue weighted by Crippen LogP contribution is -2.41. The van der Waals surface area contributed by atoms with E-state index >= 15 is 0 Å². The zero-order valence-electron chi connectivity index (χ0n) is 12.2. The second-order valence-corrected chi connectivity index (χ2v) is 6.26. The van der Waals surface area contributed by atoms with Gasteiger partial charge in [0.1, 0.15) is 0 Å². The van der Waals surface area contributed by atoms with Gasteiger partial charge in [-0.15, -0.1) is 0 Å².